The summed E-state index contributed by atoms with van der Waals surface area (Å²) in [5.41, 5.74) is 2.93. The minimum Gasteiger partial charge on any atom is -0.340 e. The van der Waals surface area contributed by atoms with Gasteiger partial charge in [-0.1, -0.05) is 63.2 Å². The lowest BCUT2D eigenvalue weighted by Crippen LogP contribution is -2.39. The number of hydrogen-bond acceptors (Lipinski definition) is 4. The highest BCUT2D eigenvalue weighted by molar-refractivity contribution is 5.78. The van der Waals surface area contributed by atoms with Gasteiger partial charge in [0, 0.05) is 31.1 Å². The van der Waals surface area contributed by atoms with Gasteiger partial charge in [0.1, 0.15) is 5.69 Å². The van der Waals surface area contributed by atoms with Gasteiger partial charge in [-0.3, -0.25) is 4.79 Å². The largest absolute Gasteiger partial charge is 0.340 e. The molecule has 1 atom stereocenters. The molecule has 0 bridgehead atoms. The minimum absolute atomic E-state index is 0.170. The zero-order chi connectivity index (χ0) is 21.7. The highest BCUT2D eigenvalue weighted by atomic mass is 16.5. The molecule has 1 aliphatic rings. The monoisotopic (exact) mass is 411 g/mol. The Hall–Kier alpha value is -2.30. The van der Waals surface area contributed by atoms with Gasteiger partial charge in [-0.25, -0.2) is 0 Å². The van der Waals surface area contributed by atoms with Gasteiger partial charge in [-0.2, -0.15) is 0 Å². The summed E-state index contributed by atoms with van der Waals surface area (Å²) in [5, 5.41) is 4.48. The lowest BCUT2D eigenvalue weighted by Gasteiger charge is -2.32. The first-order chi connectivity index (χ1) is 14.4. The second-order valence-electron chi connectivity index (χ2n) is 9.23. The van der Waals surface area contributed by atoms with E-state index in [1.165, 1.54) is 0 Å². The zero-order valence-corrected chi connectivity index (χ0v) is 19.2. The van der Waals surface area contributed by atoms with E-state index >= 15 is 0 Å². The molecule has 0 spiro atoms. The zero-order valence-electron chi connectivity index (χ0n) is 19.2. The standard InChI is InChI=1S/C25H37N3O2/c1-6-20(5)28(23(29)16-18(2)3)17-22-24(21-10-8-7-9-11-21)26-30-25(22)27-14-12-19(4)13-15-27/h7-11,18-20H,6,12-17H2,1-5H3/t20-/m0/s1. The number of rotatable bonds is 8. The van der Waals surface area contributed by atoms with Crippen molar-refractivity contribution in [3.8, 4) is 11.3 Å². The second-order valence-corrected chi connectivity index (χ2v) is 9.23. The van der Waals surface area contributed by atoms with Crippen LogP contribution in [0, 0.1) is 11.8 Å². The van der Waals surface area contributed by atoms with Crippen LogP contribution >= 0.6 is 0 Å². The molecular formula is C25H37N3O2. The molecular weight excluding hydrogens is 374 g/mol. The van der Waals surface area contributed by atoms with Crippen molar-refractivity contribution in [2.24, 2.45) is 11.8 Å². The van der Waals surface area contributed by atoms with Crippen molar-refractivity contribution in [3.05, 3.63) is 35.9 Å². The van der Waals surface area contributed by atoms with E-state index in [0.29, 0.717) is 18.9 Å². The molecule has 1 aromatic carbocycles. The molecule has 5 nitrogen and oxygen atoms in total. The number of amides is 1. The Balaban J connectivity index is 1.98. The number of anilines is 1. The molecule has 3 rings (SSSR count). The van der Waals surface area contributed by atoms with Crippen molar-refractivity contribution in [2.75, 3.05) is 18.0 Å². The number of carbonyl (C=O) groups is 1. The summed E-state index contributed by atoms with van der Waals surface area (Å²) in [6, 6.07) is 10.3. The average Bonchev–Trinajstić information content (AvgIpc) is 3.15. The normalized spacial score (nSPS) is 16.1. The predicted molar refractivity (Wildman–Crippen MR) is 122 cm³/mol. The topological polar surface area (TPSA) is 49.6 Å². The highest BCUT2D eigenvalue weighted by Crippen LogP contribution is 2.35. The lowest BCUT2D eigenvalue weighted by atomic mass is 9.98. The average molecular weight is 412 g/mol. The summed E-state index contributed by atoms with van der Waals surface area (Å²) in [4.78, 5) is 17.5. The Morgan fingerprint density at radius 3 is 2.47 bits per heavy atom. The molecule has 5 heteroatoms. The van der Waals surface area contributed by atoms with E-state index in [4.69, 9.17) is 4.52 Å². The third kappa shape index (κ3) is 5.24. The van der Waals surface area contributed by atoms with E-state index in [1.54, 1.807) is 0 Å². The molecule has 0 saturated carbocycles. The number of hydrogen-bond donors (Lipinski definition) is 0. The van der Waals surface area contributed by atoms with E-state index in [0.717, 1.165) is 61.0 Å². The first kappa shape index (κ1) is 22.4. The van der Waals surface area contributed by atoms with Gasteiger partial charge < -0.3 is 14.3 Å². The van der Waals surface area contributed by atoms with Crippen LogP contribution in [0.3, 0.4) is 0 Å². The Morgan fingerprint density at radius 1 is 1.20 bits per heavy atom. The SMILES string of the molecule is CC[C@H](C)N(Cc1c(-c2ccccc2)noc1N1CCC(C)CC1)C(=O)CC(C)C. The smallest absolute Gasteiger partial charge is 0.232 e. The van der Waals surface area contributed by atoms with Crippen molar-refractivity contribution in [1.82, 2.24) is 10.1 Å². The van der Waals surface area contributed by atoms with E-state index in [-0.39, 0.29) is 11.9 Å². The van der Waals surface area contributed by atoms with Crippen molar-refractivity contribution < 1.29 is 9.32 Å². The Labute approximate surface area is 181 Å². The molecule has 1 amide bonds. The van der Waals surface area contributed by atoms with Gasteiger partial charge >= 0.3 is 0 Å². The van der Waals surface area contributed by atoms with E-state index < -0.39 is 0 Å². The van der Waals surface area contributed by atoms with Crippen molar-refractivity contribution in [3.63, 3.8) is 0 Å². The summed E-state index contributed by atoms with van der Waals surface area (Å²) >= 11 is 0. The maximum absolute atomic E-state index is 13.1. The van der Waals surface area contributed by atoms with Gasteiger partial charge in [-0.05, 0) is 38.0 Å². The minimum atomic E-state index is 0.170. The van der Waals surface area contributed by atoms with Crippen LogP contribution in [0.4, 0.5) is 5.88 Å². The molecule has 30 heavy (non-hydrogen) atoms. The fourth-order valence-corrected chi connectivity index (χ4v) is 4.07. The van der Waals surface area contributed by atoms with E-state index in [2.05, 4.69) is 56.8 Å². The highest BCUT2D eigenvalue weighted by Gasteiger charge is 2.29. The van der Waals surface area contributed by atoms with E-state index in [1.807, 2.05) is 23.1 Å². The van der Waals surface area contributed by atoms with Crippen LogP contribution in [-0.4, -0.2) is 35.1 Å². The van der Waals surface area contributed by atoms with Gasteiger partial charge in [0.25, 0.3) is 0 Å². The molecule has 0 N–H and O–H groups in total. The number of nitrogens with zero attached hydrogens (tertiary/aromatic N) is 3. The summed E-state index contributed by atoms with van der Waals surface area (Å²) in [7, 11) is 0. The van der Waals surface area contributed by atoms with Crippen LogP contribution in [-0.2, 0) is 11.3 Å². The second kappa shape index (κ2) is 10.1. The van der Waals surface area contributed by atoms with Gasteiger partial charge in [-0.15, -0.1) is 0 Å². The van der Waals surface area contributed by atoms with Crippen LogP contribution in [0.15, 0.2) is 34.9 Å². The molecule has 1 fully saturated rings. The fourth-order valence-electron chi connectivity index (χ4n) is 4.07. The summed E-state index contributed by atoms with van der Waals surface area (Å²) in [6.07, 6.45) is 3.80. The molecule has 1 aliphatic heterocycles. The van der Waals surface area contributed by atoms with Crippen molar-refractivity contribution in [2.45, 2.75) is 72.9 Å². The quantitative estimate of drug-likeness (QED) is 0.555. The molecule has 164 valence electrons. The molecule has 2 aromatic rings. The molecule has 1 saturated heterocycles. The van der Waals surface area contributed by atoms with Gasteiger partial charge in [0.05, 0.1) is 12.1 Å². The lowest BCUT2D eigenvalue weighted by molar-refractivity contribution is -0.134. The third-order valence-corrected chi connectivity index (χ3v) is 6.24. The molecule has 0 aliphatic carbocycles. The van der Waals surface area contributed by atoms with Crippen molar-refractivity contribution in [1.29, 1.82) is 0 Å². The fraction of sp³-hybridized carbons (Fsp3) is 0.600. The number of benzene rings is 1. The molecule has 2 heterocycles. The number of piperidine rings is 1. The molecule has 1 aromatic heterocycles. The van der Waals surface area contributed by atoms with Gasteiger partial charge in [0.15, 0.2) is 0 Å². The first-order valence-electron chi connectivity index (χ1n) is 11.5. The van der Waals surface area contributed by atoms with Gasteiger partial charge in [0.2, 0.25) is 11.8 Å². The summed E-state index contributed by atoms with van der Waals surface area (Å²) in [5.74, 6) is 2.12. The summed E-state index contributed by atoms with van der Waals surface area (Å²) < 4.78 is 5.94. The Bertz CT molecular complexity index is 807. The maximum Gasteiger partial charge on any atom is 0.232 e. The maximum atomic E-state index is 13.1. The number of carbonyl (C=O) groups excluding carboxylic acids is 1. The first-order valence-corrected chi connectivity index (χ1v) is 11.5. The third-order valence-electron chi connectivity index (χ3n) is 6.24. The Morgan fingerprint density at radius 2 is 1.87 bits per heavy atom. The van der Waals surface area contributed by atoms with Crippen LogP contribution in [0.2, 0.25) is 0 Å². The van der Waals surface area contributed by atoms with Crippen LogP contribution in [0.1, 0.15) is 65.9 Å². The molecule has 0 radical (unpaired) electrons. The number of aromatic nitrogens is 1. The van der Waals surface area contributed by atoms with Crippen molar-refractivity contribution >= 4 is 11.8 Å². The summed E-state index contributed by atoms with van der Waals surface area (Å²) in [6.45, 7) is 13.3. The Kier molecular flexibility index (Phi) is 7.57. The van der Waals surface area contributed by atoms with E-state index in [9.17, 15) is 4.79 Å². The van der Waals surface area contributed by atoms with Crippen LogP contribution in [0.5, 0.6) is 0 Å². The molecule has 0 unspecified atom stereocenters. The van der Waals surface area contributed by atoms with Crippen LogP contribution in [0.25, 0.3) is 11.3 Å². The van der Waals surface area contributed by atoms with Crippen LogP contribution < -0.4 is 4.90 Å². The predicted octanol–water partition coefficient (Wildman–Crippen LogP) is 5.75.